The second-order valence-corrected chi connectivity index (χ2v) is 6.06. The van der Waals surface area contributed by atoms with Crippen LogP contribution >= 0.6 is 0 Å². The average molecular weight is 234 g/mol. The SMILES string of the molecule is C=CCN(CC(C)(C)/C=N/O)S(C)(=O)=O. The Morgan fingerprint density at radius 2 is 2.07 bits per heavy atom. The lowest BCUT2D eigenvalue weighted by molar-refractivity contribution is 0.303. The van der Waals surface area contributed by atoms with Gasteiger partial charge in [-0.1, -0.05) is 19.9 Å². The third-order valence-electron chi connectivity index (χ3n) is 1.79. The summed E-state index contributed by atoms with van der Waals surface area (Å²) in [7, 11) is -3.26. The van der Waals surface area contributed by atoms with E-state index >= 15 is 0 Å². The van der Waals surface area contributed by atoms with Crippen LogP contribution in [0.3, 0.4) is 0 Å². The minimum absolute atomic E-state index is 0.252. The smallest absolute Gasteiger partial charge is 0.211 e. The van der Waals surface area contributed by atoms with Crippen LogP contribution < -0.4 is 0 Å². The lowest BCUT2D eigenvalue weighted by Gasteiger charge is -2.26. The van der Waals surface area contributed by atoms with Crippen LogP contribution in [0.4, 0.5) is 0 Å². The molecule has 0 unspecified atom stereocenters. The molecule has 1 N–H and O–H groups in total. The molecule has 15 heavy (non-hydrogen) atoms. The zero-order chi connectivity index (χ0) is 12.1. The van der Waals surface area contributed by atoms with Crippen LogP contribution in [0.1, 0.15) is 13.8 Å². The topological polar surface area (TPSA) is 70.0 Å². The molecule has 0 aromatic carbocycles. The Balaban J connectivity index is 4.77. The maximum absolute atomic E-state index is 11.4. The lowest BCUT2D eigenvalue weighted by atomic mass is 9.95. The molecule has 0 saturated carbocycles. The van der Waals surface area contributed by atoms with Gasteiger partial charge in [-0.15, -0.1) is 11.7 Å². The van der Waals surface area contributed by atoms with Gasteiger partial charge in [0.25, 0.3) is 0 Å². The summed E-state index contributed by atoms with van der Waals surface area (Å²) < 4.78 is 24.0. The van der Waals surface area contributed by atoms with E-state index in [1.54, 1.807) is 13.8 Å². The molecule has 0 fully saturated rings. The van der Waals surface area contributed by atoms with Gasteiger partial charge < -0.3 is 5.21 Å². The molecule has 88 valence electrons. The van der Waals surface area contributed by atoms with Crippen LogP contribution in [0, 0.1) is 5.41 Å². The van der Waals surface area contributed by atoms with Gasteiger partial charge >= 0.3 is 0 Å². The molecular weight excluding hydrogens is 216 g/mol. The fraction of sp³-hybridized carbons (Fsp3) is 0.667. The van der Waals surface area contributed by atoms with Gasteiger partial charge in [0.15, 0.2) is 0 Å². The lowest BCUT2D eigenvalue weighted by Crippen LogP contribution is -2.39. The fourth-order valence-electron chi connectivity index (χ4n) is 1.11. The maximum Gasteiger partial charge on any atom is 0.211 e. The molecule has 0 aliphatic rings. The van der Waals surface area contributed by atoms with Crippen LogP contribution in [0.25, 0.3) is 0 Å². The number of rotatable bonds is 6. The summed E-state index contributed by atoms with van der Waals surface area (Å²) in [6.45, 7) is 7.58. The van der Waals surface area contributed by atoms with E-state index in [9.17, 15) is 8.42 Å². The van der Waals surface area contributed by atoms with E-state index in [2.05, 4.69) is 11.7 Å². The van der Waals surface area contributed by atoms with Crippen LogP contribution in [0.5, 0.6) is 0 Å². The standard InChI is InChI=1S/C9H18N2O3S/c1-5-6-11(15(4,13)14)8-9(2,3)7-10-12/h5,7,12H,1,6,8H2,2-4H3/b10-7+. The van der Waals surface area contributed by atoms with Crippen LogP contribution in [0.15, 0.2) is 17.8 Å². The quantitative estimate of drug-likeness (QED) is 0.321. The highest BCUT2D eigenvalue weighted by Crippen LogP contribution is 2.16. The van der Waals surface area contributed by atoms with E-state index in [1.165, 1.54) is 16.6 Å². The van der Waals surface area contributed by atoms with Gasteiger partial charge in [0, 0.05) is 18.5 Å². The van der Waals surface area contributed by atoms with Crippen LogP contribution in [0.2, 0.25) is 0 Å². The van der Waals surface area contributed by atoms with Crippen molar-refractivity contribution in [3.63, 3.8) is 0 Å². The highest BCUT2D eigenvalue weighted by atomic mass is 32.2. The number of oxime groups is 1. The Bertz CT molecular complexity index is 333. The number of hydrogen-bond acceptors (Lipinski definition) is 4. The molecule has 0 radical (unpaired) electrons. The molecule has 6 heteroatoms. The number of sulfonamides is 1. The minimum atomic E-state index is -3.26. The molecule has 0 aromatic heterocycles. The van der Waals surface area contributed by atoms with Crippen molar-refractivity contribution in [1.29, 1.82) is 0 Å². The van der Waals surface area contributed by atoms with Gasteiger partial charge in [-0.25, -0.2) is 8.42 Å². The Kier molecular flexibility index (Phi) is 4.96. The normalized spacial score (nSPS) is 13.6. The predicted molar refractivity (Wildman–Crippen MR) is 60.7 cm³/mol. The monoisotopic (exact) mass is 234 g/mol. The first-order valence-corrected chi connectivity index (χ1v) is 6.32. The number of hydrogen-bond donors (Lipinski definition) is 1. The molecule has 0 aromatic rings. The molecule has 0 heterocycles. The predicted octanol–water partition coefficient (Wildman–Crippen LogP) is 0.920. The highest BCUT2D eigenvalue weighted by Gasteiger charge is 2.24. The van der Waals surface area contributed by atoms with E-state index in [0.29, 0.717) is 0 Å². The Labute approximate surface area is 91.1 Å². The van der Waals surface area contributed by atoms with Crippen molar-refractivity contribution in [1.82, 2.24) is 4.31 Å². The van der Waals surface area contributed by atoms with Gasteiger partial charge in [0.05, 0.1) is 12.5 Å². The summed E-state index contributed by atoms with van der Waals surface area (Å²) in [6.07, 6.45) is 3.98. The third-order valence-corrected chi connectivity index (χ3v) is 3.01. The Hall–Kier alpha value is -0.880. The Morgan fingerprint density at radius 3 is 2.40 bits per heavy atom. The molecule has 0 rings (SSSR count). The van der Waals surface area contributed by atoms with Crippen molar-refractivity contribution in [2.75, 3.05) is 19.3 Å². The third kappa shape index (κ3) is 5.54. The molecule has 0 amide bonds. The molecule has 0 atom stereocenters. The van der Waals surface area contributed by atoms with E-state index in [4.69, 9.17) is 5.21 Å². The van der Waals surface area contributed by atoms with Crippen molar-refractivity contribution in [3.05, 3.63) is 12.7 Å². The first kappa shape index (κ1) is 14.1. The second kappa shape index (κ2) is 5.27. The van der Waals surface area contributed by atoms with Crippen LogP contribution in [-0.2, 0) is 10.0 Å². The van der Waals surface area contributed by atoms with Crippen molar-refractivity contribution < 1.29 is 13.6 Å². The Morgan fingerprint density at radius 1 is 1.53 bits per heavy atom. The summed E-state index contributed by atoms with van der Waals surface area (Å²) in [6, 6.07) is 0. The maximum atomic E-state index is 11.4. The second-order valence-electron chi connectivity index (χ2n) is 4.08. The van der Waals surface area contributed by atoms with E-state index in [1.807, 2.05) is 0 Å². The molecule has 0 aliphatic carbocycles. The van der Waals surface area contributed by atoms with Crippen LogP contribution in [-0.4, -0.2) is 43.5 Å². The zero-order valence-electron chi connectivity index (χ0n) is 9.34. The first-order chi connectivity index (χ1) is 6.73. The highest BCUT2D eigenvalue weighted by molar-refractivity contribution is 7.88. The number of nitrogens with zero attached hydrogens (tertiary/aromatic N) is 2. The van der Waals surface area contributed by atoms with E-state index in [0.717, 1.165) is 6.26 Å². The molecule has 0 spiro atoms. The summed E-state index contributed by atoms with van der Waals surface area (Å²) in [5.41, 5.74) is -0.513. The molecule has 5 nitrogen and oxygen atoms in total. The van der Waals surface area contributed by atoms with Crippen molar-refractivity contribution >= 4 is 16.2 Å². The molecule has 0 aliphatic heterocycles. The summed E-state index contributed by atoms with van der Waals surface area (Å²) in [5.74, 6) is 0. The zero-order valence-corrected chi connectivity index (χ0v) is 10.2. The van der Waals surface area contributed by atoms with Gasteiger partial charge in [0.1, 0.15) is 0 Å². The first-order valence-electron chi connectivity index (χ1n) is 4.47. The van der Waals surface area contributed by atoms with E-state index < -0.39 is 15.4 Å². The van der Waals surface area contributed by atoms with E-state index in [-0.39, 0.29) is 13.1 Å². The van der Waals surface area contributed by atoms with Gasteiger partial charge in [-0.05, 0) is 0 Å². The summed E-state index contributed by atoms with van der Waals surface area (Å²) >= 11 is 0. The van der Waals surface area contributed by atoms with Crippen molar-refractivity contribution in [3.8, 4) is 0 Å². The largest absolute Gasteiger partial charge is 0.411 e. The summed E-state index contributed by atoms with van der Waals surface area (Å²) in [4.78, 5) is 0. The van der Waals surface area contributed by atoms with Gasteiger partial charge in [-0.3, -0.25) is 0 Å². The minimum Gasteiger partial charge on any atom is -0.411 e. The average Bonchev–Trinajstić information content (AvgIpc) is 2.01. The van der Waals surface area contributed by atoms with Crippen molar-refractivity contribution in [2.45, 2.75) is 13.8 Å². The van der Waals surface area contributed by atoms with Gasteiger partial charge in [0.2, 0.25) is 10.0 Å². The summed E-state index contributed by atoms with van der Waals surface area (Å²) in [5, 5.41) is 11.4. The fourth-order valence-corrected chi connectivity index (χ4v) is 2.06. The molecule has 0 bridgehead atoms. The molecule has 0 saturated heterocycles. The van der Waals surface area contributed by atoms with Gasteiger partial charge in [-0.2, -0.15) is 4.31 Å². The van der Waals surface area contributed by atoms with Crippen molar-refractivity contribution in [2.24, 2.45) is 10.6 Å². The molecular formula is C9H18N2O3S.